The molecule has 1 aromatic heterocycles. The van der Waals surface area contributed by atoms with Crippen LogP contribution in [0.15, 0.2) is 18.5 Å². The van der Waals surface area contributed by atoms with Crippen molar-refractivity contribution in [2.75, 3.05) is 13.1 Å². The van der Waals surface area contributed by atoms with Crippen molar-refractivity contribution in [3.63, 3.8) is 0 Å². The molecule has 1 N–H and O–H groups in total. The second-order valence-corrected chi connectivity index (χ2v) is 5.46. The van der Waals surface area contributed by atoms with Gasteiger partial charge in [-0.25, -0.2) is 4.39 Å². The molecule has 1 saturated carbocycles. The van der Waals surface area contributed by atoms with Gasteiger partial charge in [0, 0.05) is 31.4 Å². The summed E-state index contributed by atoms with van der Waals surface area (Å²) in [4.78, 5) is 6.37. The summed E-state index contributed by atoms with van der Waals surface area (Å²) < 4.78 is 13.1. The van der Waals surface area contributed by atoms with Crippen molar-refractivity contribution in [1.29, 1.82) is 0 Å². The lowest BCUT2D eigenvalue weighted by molar-refractivity contribution is 0.238. The second kappa shape index (κ2) is 5.33. The summed E-state index contributed by atoms with van der Waals surface area (Å²) in [6.45, 7) is 3.02. The first-order chi connectivity index (χ1) is 8.81. The van der Waals surface area contributed by atoms with Gasteiger partial charge in [-0.05, 0) is 43.9 Å². The molecule has 3 nitrogen and oxygen atoms in total. The minimum atomic E-state index is -0.237. The molecule has 2 aliphatic rings. The van der Waals surface area contributed by atoms with E-state index in [1.165, 1.54) is 31.9 Å². The van der Waals surface area contributed by atoms with Gasteiger partial charge in [-0.2, -0.15) is 0 Å². The van der Waals surface area contributed by atoms with Gasteiger partial charge in [-0.15, -0.1) is 0 Å². The zero-order valence-electron chi connectivity index (χ0n) is 10.6. The Morgan fingerprint density at radius 1 is 1.33 bits per heavy atom. The van der Waals surface area contributed by atoms with E-state index in [4.69, 9.17) is 0 Å². The Bertz CT molecular complexity index is 406. The van der Waals surface area contributed by atoms with E-state index < -0.39 is 0 Å². The fraction of sp³-hybridized carbons (Fsp3) is 0.643. The number of hydrogen-bond donors (Lipinski definition) is 1. The van der Waals surface area contributed by atoms with Crippen molar-refractivity contribution >= 4 is 0 Å². The van der Waals surface area contributed by atoms with Gasteiger partial charge in [0.1, 0.15) is 5.82 Å². The highest BCUT2D eigenvalue weighted by Gasteiger charge is 2.27. The Kier molecular flexibility index (Phi) is 3.57. The molecular formula is C14H20FN3. The zero-order valence-corrected chi connectivity index (χ0v) is 10.6. The second-order valence-electron chi connectivity index (χ2n) is 5.46. The maximum atomic E-state index is 13.1. The van der Waals surface area contributed by atoms with Crippen molar-refractivity contribution < 1.29 is 4.39 Å². The Morgan fingerprint density at radius 2 is 2.22 bits per heavy atom. The molecule has 0 amide bonds. The summed E-state index contributed by atoms with van der Waals surface area (Å²) in [6, 6.07) is 2.97. The van der Waals surface area contributed by atoms with Crippen LogP contribution in [-0.4, -0.2) is 35.1 Å². The summed E-state index contributed by atoms with van der Waals surface area (Å²) in [7, 11) is 0. The molecule has 1 saturated heterocycles. The molecule has 0 aromatic carbocycles. The topological polar surface area (TPSA) is 28.2 Å². The van der Waals surface area contributed by atoms with Crippen molar-refractivity contribution in [3.8, 4) is 0 Å². The van der Waals surface area contributed by atoms with Crippen LogP contribution in [0.4, 0.5) is 4.39 Å². The Labute approximate surface area is 107 Å². The highest BCUT2D eigenvalue weighted by molar-refractivity contribution is 5.10. The van der Waals surface area contributed by atoms with Crippen molar-refractivity contribution in [2.24, 2.45) is 0 Å². The summed E-state index contributed by atoms with van der Waals surface area (Å²) in [5.41, 5.74) is 0.980. The fourth-order valence-electron chi connectivity index (χ4n) is 2.70. The van der Waals surface area contributed by atoms with E-state index in [-0.39, 0.29) is 5.82 Å². The standard InChI is InChI=1S/C14H20FN3/c15-12-6-11(7-16-8-12)10-18-5-1-2-14(18)9-17-13-3-4-13/h6-8,13-14,17H,1-5,9-10H2. The average Bonchev–Trinajstić information content (AvgIpc) is 3.08. The summed E-state index contributed by atoms with van der Waals surface area (Å²) in [5.74, 6) is -0.237. The zero-order chi connectivity index (χ0) is 12.4. The largest absolute Gasteiger partial charge is 0.312 e. The van der Waals surface area contributed by atoms with Crippen LogP contribution in [0.3, 0.4) is 0 Å². The van der Waals surface area contributed by atoms with Crippen molar-refractivity contribution in [1.82, 2.24) is 15.2 Å². The van der Waals surface area contributed by atoms with Gasteiger partial charge in [0.25, 0.3) is 0 Å². The Morgan fingerprint density at radius 3 is 3.00 bits per heavy atom. The van der Waals surface area contributed by atoms with Crippen LogP contribution in [-0.2, 0) is 6.54 Å². The van der Waals surface area contributed by atoms with Crippen LogP contribution in [0.1, 0.15) is 31.2 Å². The van der Waals surface area contributed by atoms with Gasteiger partial charge < -0.3 is 5.32 Å². The fourth-order valence-corrected chi connectivity index (χ4v) is 2.70. The summed E-state index contributed by atoms with van der Waals surface area (Å²) in [5, 5.41) is 3.59. The van der Waals surface area contributed by atoms with Crippen molar-refractivity contribution in [2.45, 2.75) is 44.3 Å². The predicted molar refractivity (Wildman–Crippen MR) is 68.7 cm³/mol. The molecule has 1 aliphatic carbocycles. The molecule has 1 aliphatic heterocycles. The van der Waals surface area contributed by atoms with Gasteiger partial charge in [-0.3, -0.25) is 9.88 Å². The third-order valence-corrected chi connectivity index (χ3v) is 3.87. The highest BCUT2D eigenvalue weighted by Crippen LogP contribution is 2.22. The maximum absolute atomic E-state index is 13.1. The first kappa shape index (κ1) is 12.1. The average molecular weight is 249 g/mol. The van der Waals surface area contributed by atoms with E-state index in [2.05, 4.69) is 15.2 Å². The first-order valence-corrected chi connectivity index (χ1v) is 6.88. The number of hydrogen-bond acceptors (Lipinski definition) is 3. The van der Waals surface area contributed by atoms with Crippen LogP contribution in [0.25, 0.3) is 0 Å². The minimum Gasteiger partial charge on any atom is -0.312 e. The number of nitrogens with one attached hydrogen (secondary N) is 1. The molecule has 0 bridgehead atoms. The quantitative estimate of drug-likeness (QED) is 0.864. The van der Waals surface area contributed by atoms with E-state index in [0.29, 0.717) is 6.04 Å². The molecule has 2 heterocycles. The van der Waals surface area contributed by atoms with Crippen LogP contribution in [0.5, 0.6) is 0 Å². The van der Waals surface area contributed by atoms with Gasteiger partial charge in [0.2, 0.25) is 0 Å². The van der Waals surface area contributed by atoms with Crippen LogP contribution >= 0.6 is 0 Å². The third-order valence-electron chi connectivity index (χ3n) is 3.87. The smallest absolute Gasteiger partial charge is 0.141 e. The van der Waals surface area contributed by atoms with Gasteiger partial charge in [-0.1, -0.05) is 0 Å². The lowest BCUT2D eigenvalue weighted by Crippen LogP contribution is -2.38. The van der Waals surface area contributed by atoms with Crippen LogP contribution in [0, 0.1) is 5.82 Å². The summed E-state index contributed by atoms with van der Waals surface area (Å²) >= 11 is 0. The Balaban J connectivity index is 1.56. The molecule has 3 rings (SSSR count). The van der Waals surface area contributed by atoms with E-state index in [9.17, 15) is 4.39 Å². The van der Waals surface area contributed by atoms with E-state index in [1.54, 1.807) is 12.3 Å². The molecule has 0 spiro atoms. The molecule has 1 aromatic rings. The van der Waals surface area contributed by atoms with E-state index in [0.717, 1.165) is 31.2 Å². The first-order valence-electron chi connectivity index (χ1n) is 6.88. The van der Waals surface area contributed by atoms with E-state index >= 15 is 0 Å². The molecular weight excluding hydrogens is 229 g/mol. The lowest BCUT2D eigenvalue weighted by atomic mass is 10.2. The SMILES string of the molecule is Fc1cncc(CN2CCCC2CNC2CC2)c1. The van der Waals surface area contributed by atoms with Crippen molar-refractivity contribution in [3.05, 3.63) is 29.8 Å². The molecule has 0 radical (unpaired) electrons. The minimum absolute atomic E-state index is 0.237. The number of nitrogens with zero attached hydrogens (tertiary/aromatic N) is 2. The number of pyridine rings is 1. The number of aromatic nitrogens is 1. The molecule has 1 unspecified atom stereocenters. The number of rotatable bonds is 5. The summed E-state index contributed by atoms with van der Waals surface area (Å²) in [6.07, 6.45) is 8.20. The normalized spacial score (nSPS) is 24.6. The molecule has 18 heavy (non-hydrogen) atoms. The van der Waals surface area contributed by atoms with Gasteiger partial charge >= 0.3 is 0 Å². The number of halogens is 1. The molecule has 4 heteroatoms. The highest BCUT2D eigenvalue weighted by atomic mass is 19.1. The van der Waals surface area contributed by atoms with Gasteiger partial charge in [0.15, 0.2) is 0 Å². The van der Waals surface area contributed by atoms with Crippen LogP contribution < -0.4 is 5.32 Å². The van der Waals surface area contributed by atoms with Gasteiger partial charge in [0.05, 0.1) is 6.20 Å². The third kappa shape index (κ3) is 3.06. The number of likely N-dealkylation sites (tertiary alicyclic amines) is 1. The monoisotopic (exact) mass is 249 g/mol. The molecule has 2 fully saturated rings. The van der Waals surface area contributed by atoms with Crippen LogP contribution in [0.2, 0.25) is 0 Å². The Hall–Kier alpha value is -1.00. The molecule has 98 valence electrons. The maximum Gasteiger partial charge on any atom is 0.141 e. The predicted octanol–water partition coefficient (Wildman–Crippen LogP) is 1.94. The van der Waals surface area contributed by atoms with E-state index in [1.807, 2.05) is 0 Å². The lowest BCUT2D eigenvalue weighted by Gasteiger charge is -2.24. The molecule has 1 atom stereocenters.